The van der Waals surface area contributed by atoms with E-state index < -0.39 is 0 Å². The Morgan fingerprint density at radius 2 is 2.19 bits per heavy atom. The lowest BCUT2D eigenvalue weighted by Crippen LogP contribution is -2.26. The van der Waals surface area contributed by atoms with Gasteiger partial charge in [-0.1, -0.05) is 6.07 Å². The average molecular weight is 305 g/mol. The largest absolute Gasteiger partial charge is 0.351 e. The van der Waals surface area contributed by atoms with Crippen LogP contribution in [-0.2, 0) is 6.54 Å². The van der Waals surface area contributed by atoms with Gasteiger partial charge in [-0.3, -0.25) is 14.4 Å². The van der Waals surface area contributed by atoms with Crippen LogP contribution in [0.1, 0.15) is 32.8 Å². The highest BCUT2D eigenvalue weighted by Crippen LogP contribution is 2.12. The van der Waals surface area contributed by atoms with Crippen molar-refractivity contribution in [2.75, 3.05) is 6.54 Å². The first-order chi connectivity index (χ1) is 10.1. The van der Waals surface area contributed by atoms with Crippen LogP contribution in [0.2, 0.25) is 0 Å². The van der Waals surface area contributed by atoms with Crippen LogP contribution >= 0.6 is 11.3 Å². The quantitative estimate of drug-likeness (QED) is 0.645. The third-order valence-electron chi connectivity index (χ3n) is 2.79. The van der Waals surface area contributed by atoms with E-state index in [2.05, 4.69) is 10.3 Å². The summed E-state index contributed by atoms with van der Waals surface area (Å²) >= 11 is 1.08. The van der Waals surface area contributed by atoms with Crippen molar-refractivity contribution in [1.82, 2.24) is 14.9 Å². The van der Waals surface area contributed by atoms with Gasteiger partial charge in [0, 0.05) is 32.3 Å². The maximum Gasteiger partial charge on any atom is 0.263 e. The number of rotatable bonds is 6. The number of hydrogen-bond donors (Lipinski definition) is 1. The molecule has 21 heavy (non-hydrogen) atoms. The summed E-state index contributed by atoms with van der Waals surface area (Å²) in [4.78, 5) is 38.7. The Hall–Kier alpha value is -2.28. The molecule has 0 aliphatic rings. The minimum atomic E-state index is -0.250. The maximum absolute atomic E-state index is 11.8. The van der Waals surface area contributed by atoms with E-state index in [0.717, 1.165) is 11.3 Å². The summed E-state index contributed by atoms with van der Waals surface area (Å²) in [6.07, 6.45) is 3.76. The van der Waals surface area contributed by atoms with E-state index >= 15 is 0 Å². The van der Waals surface area contributed by atoms with Crippen LogP contribution < -0.4 is 10.9 Å². The van der Waals surface area contributed by atoms with Gasteiger partial charge in [-0.05, 0) is 12.5 Å². The maximum atomic E-state index is 11.8. The van der Waals surface area contributed by atoms with Gasteiger partial charge in [0.2, 0.25) is 5.56 Å². The number of ketones is 1. The minimum absolute atomic E-state index is 0.0580. The summed E-state index contributed by atoms with van der Waals surface area (Å²) in [6.45, 7) is 2.41. The molecule has 0 radical (unpaired) electrons. The van der Waals surface area contributed by atoms with Crippen LogP contribution in [0.3, 0.4) is 0 Å². The fourth-order valence-corrected chi connectivity index (χ4v) is 2.45. The standard InChI is InChI=1S/C14H15N3O3S/c1-10(18)14-16-9-11(21-14)13(20)15-6-4-8-17-7-3-2-5-12(17)19/h2-3,5,7,9H,4,6,8H2,1H3,(H,15,20). The van der Waals surface area contributed by atoms with Crippen LogP contribution in [0.25, 0.3) is 0 Å². The van der Waals surface area contributed by atoms with Gasteiger partial charge < -0.3 is 9.88 Å². The van der Waals surface area contributed by atoms with Crippen molar-refractivity contribution in [3.05, 3.63) is 50.8 Å². The van der Waals surface area contributed by atoms with E-state index in [-0.39, 0.29) is 17.2 Å². The molecule has 2 heterocycles. The third kappa shape index (κ3) is 4.09. The Morgan fingerprint density at radius 1 is 1.38 bits per heavy atom. The highest BCUT2D eigenvalue weighted by atomic mass is 32.1. The van der Waals surface area contributed by atoms with E-state index in [1.807, 2.05) is 0 Å². The molecule has 0 saturated heterocycles. The van der Waals surface area contributed by atoms with Crippen molar-refractivity contribution in [3.8, 4) is 0 Å². The van der Waals surface area contributed by atoms with Crippen molar-refractivity contribution in [3.63, 3.8) is 0 Å². The van der Waals surface area contributed by atoms with Crippen molar-refractivity contribution >= 4 is 23.0 Å². The molecule has 0 atom stereocenters. The second-order valence-corrected chi connectivity index (χ2v) is 5.46. The molecule has 2 aromatic heterocycles. The Bertz CT molecular complexity index is 705. The number of amides is 1. The van der Waals surface area contributed by atoms with Crippen LogP contribution in [0.4, 0.5) is 0 Å². The average Bonchev–Trinajstić information content (AvgIpc) is 2.95. The van der Waals surface area contributed by atoms with E-state index in [9.17, 15) is 14.4 Å². The summed E-state index contributed by atoms with van der Waals surface area (Å²) in [5.41, 5.74) is -0.0580. The lowest BCUT2D eigenvalue weighted by Gasteiger charge is -2.05. The number of carbonyl (C=O) groups excluding carboxylic acids is 2. The van der Waals surface area contributed by atoms with E-state index in [4.69, 9.17) is 0 Å². The number of thiazole rings is 1. The predicted molar refractivity (Wildman–Crippen MR) is 79.8 cm³/mol. The van der Waals surface area contributed by atoms with Crippen LogP contribution in [0, 0.1) is 0 Å². The number of pyridine rings is 1. The number of carbonyl (C=O) groups is 2. The number of aromatic nitrogens is 2. The Balaban J connectivity index is 1.80. The van der Waals surface area contributed by atoms with E-state index in [1.165, 1.54) is 19.2 Å². The summed E-state index contributed by atoms with van der Waals surface area (Å²) in [6, 6.07) is 4.98. The van der Waals surface area contributed by atoms with Gasteiger partial charge in [0.1, 0.15) is 4.88 Å². The lowest BCUT2D eigenvalue weighted by atomic mass is 10.3. The summed E-state index contributed by atoms with van der Waals surface area (Å²) in [5, 5.41) is 3.08. The first-order valence-corrected chi connectivity index (χ1v) is 7.30. The topological polar surface area (TPSA) is 81.1 Å². The first kappa shape index (κ1) is 15.1. The van der Waals surface area contributed by atoms with Gasteiger partial charge in [0.15, 0.2) is 10.8 Å². The molecule has 2 rings (SSSR count). The van der Waals surface area contributed by atoms with Crippen LogP contribution in [0.5, 0.6) is 0 Å². The fraction of sp³-hybridized carbons (Fsp3) is 0.286. The number of aryl methyl sites for hydroxylation is 1. The Morgan fingerprint density at radius 3 is 2.86 bits per heavy atom. The van der Waals surface area contributed by atoms with E-state index in [0.29, 0.717) is 29.4 Å². The molecule has 0 spiro atoms. The molecule has 0 saturated carbocycles. The number of nitrogens with zero attached hydrogens (tertiary/aromatic N) is 2. The lowest BCUT2D eigenvalue weighted by molar-refractivity contribution is 0.0955. The molecule has 0 aliphatic carbocycles. The van der Waals surface area contributed by atoms with Gasteiger partial charge in [-0.25, -0.2) is 4.98 Å². The molecule has 1 N–H and O–H groups in total. The normalized spacial score (nSPS) is 10.3. The molecule has 0 aromatic carbocycles. The highest BCUT2D eigenvalue weighted by molar-refractivity contribution is 7.15. The molecule has 2 aromatic rings. The molecule has 0 aliphatic heterocycles. The Kier molecular flexibility index (Phi) is 4.99. The van der Waals surface area contributed by atoms with Crippen molar-refractivity contribution in [2.24, 2.45) is 0 Å². The number of nitrogens with one attached hydrogen (secondary N) is 1. The second kappa shape index (κ2) is 6.94. The first-order valence-electron chi connectivity index (χ1n) is 6.48. The van der Waals surface area contributed by atoms with E-state index in [1.54, 1.807) is 22.9 Å². The molecule has 0 unspecified atom stereocenters. The third-order valence-corrected chi connectivity index (χ3v) is 3.89. The fourth-order valence-electron chi connectivity index (χ4n) is 1.73. The number of Topliss-reactive ketones (excluding diaryl/α,β-unsaturated/α-hetero) is 1. The zero-order valence-corrected chi connectivity index (χ0v) is 12.4. The van der Waals surface area contributed by atoms with Gasteiger partial charge >= 0.3 is 0 Å². The highest BCUT2D eigenvalue weighted by Gasteiger charge is 2.12. The number of hydrogen-bond acceptors (Lipinski definition) is 5. The van der Waals surface area contributed by atoms with Crippen LogP contribution in [0.15, 0.2) is 35.4 Å². The van der Waals surface area contributed by atoms with Gasteiger partial charge in [0.25, 0.3) is 5.91 Å². The second-order valence-electron chi connectivity index (χ2n) is 4.43. The minimum Gasteiger partial charge on any atom is -0.351 e. The molecule has 1 amide bonds. The zero-order valence-electron chi connectivity index (χ0n) is 11.5. The van der Waals surface area contributed by atoms with Gasteiger partial charge in [0.05, 0.1) is 6.20 Å². The summed E-state index contributed by atoms with van der Waals surface area (Å²) < 4.78 is 1.59. The summed E-state index contributed by atoms with van der Waals surface area (Å²) in [7, 11) is 0. The summed E-state index contributed by atoms with van der Waals surface area (Å²) in [5.74, 6) is -0.400. The smallest absolute Gasteiger partial charge is 0.263 e. The zero-order chi connectivity index (χ0) is 15.2. The molecule has 110 valence electrons. The van der Waals surface area contributed by atoms with Crippen LogP contribution in [-0.4, -0.2) is 27.8 Å². The SMILES string of the molecule is CC(=O)c1ncc(C(=O)NCCCn2ccccc2=O)s1. The molecular weight excluding hydrogens is 290 g/mol. The molecule has 7 heteroatoms. The molecule has 6 nitrogen and oxygen atoms in total. The van der Waals surface area contributed by atoms with Crippen molar-refractivity contribution < 1.29 is 9.59 Å². The Labute approximate surface area is 125 Å². The van der Waals surface area contributed by atoms with Crippen molar-refractivity contribution in [1.29, 1.82) is 0 Å². The molecular formula is C14H15N3O3S. The monoisotopic (exact) mass is 305 g/mol. The van der Waals surface area contributed by atoms with Gasteiger partial charge in [-0.15, -0.1) is 11.3 Å². The predicted octanol–water partition coefficient (Wildman–Crippen LogP) is 1.33. The van der Waals surface area contributed by atoms with Gasteiger partial charge in [-0.2, -0.15) is 0 Å². The molecule has 0 bridgehead atoms. The molecule has 0 fully saturated rings. The van der Waals surface area contributed by atoms with Crippen molar-refractivity contribution in [2.45, 2.75) is 19.9 Å².